The van der Waals surface area contributed by atoms with Gasteiger partial charge in [0.1, 0.15) is 5.15 Å². The predicted octanol–water partition coefficient (Wildman–Crippen LogP) is 6.18. The summed E-state index contributed by atoms with van der Waals surface area (Å²) in [5.74, 6) is 0.311. The monoisotopic (exact) mass is 381 g/mol. The molecule has 2 rings (SSSR count). The fraction of sp³-hybridized carbons (Fsp3) is 0.0769. The molecule has 0 aliphatic carbocycles. The number of aromatic nitrogens is 1. The van der Waals surface area contributed by atoms with E-state index in [0.29, 0.717) is 26.6 Å². The van der Waals surface area contributed by atoms with Crippen molar-refractivity contribution in [2.75, 3.05) is 5.43 Å². The molecule has 3 nitrogen and oxygen atoms in total. The van der Waals surface area contributed by atoms with Gasteiger partial charge in [0.25, 0.3) is 0 Å². The first-order valence-corrected chi connectivity index (χ1v) is 7.54. The number of pyridine rings is 1. The van der Waals surface area contributed by atoms with Gasteiger partial charge in [-0.05, 0) is 30.7 Å². The summed E-state index contributed by atoms with van der Waals surface area (Å²) >= 11 is 29.5. The Hall–Kier alpha value is -0.710. The molecule has 0 amide bonds. The van der Waals surface area contributed by atoms with Gasteiger partial charge >= 0.3 is 0 Å². The highest BCUT2D eigenvalue weighted by Crippen LogP contribution is 2.29. The van der Waals surface area contributed by atoms with E-state index in [1.165, 1.54) is 6.07 Å². The quantitative estimate of drug-likeness (QED) is 0.390. The maximum atomic E-state index is 6.00. The Bertz CT molecular complexity index is 715. The molecule has 1 N–H and O–H groups in total. The molecule has 0 aliphatic heterocycles. The summed E-state index contributed by atoms with van der Waals surface area (Å²) in [5.41, 5.74) is 4.23. The number of hydrogen-bond acceptors (Lipinski definition) is 3. The second kappa shape index (κ2) is 7.03. The summed E-state index contributed by atoms with van der Waals surface area (Å²) < 4.78 is 0. The van der Waals surface area contributed by atoms with Gasteiger partial charge < -0.3 is 0 Å². The van der Waals surface area contributed by atoms with Crippen LogP contribution >= 0.6 is 58.0 Å². The number of anilines is 1. The Morgan fingerprint density at radius 3 is 2.33 bits per heavy atom. The largest absolute Gasteiger partial charge is 0.260 e. The third-order valence-electron chi connectivity index (χ3n) is 2.55. The van der Waals surface area contributed by atoms with Crippen molar-refractivity contribution >= 4 is 69.5 Å². The SMILES string of the molecule is CC(=NNc1nc(Cl)c(Cl)cc1Cl)c1ccc(Cl)c(Cl)c1. The zero-order valence-corrected chi connectivity index (χ0v) is 14.4. The van der Waals surface area contributed by atoms with Crippen molar-refractivity contribution in [2.45, 2.75) is 6.92 Å². The lowest BCUT2D eigenvalue weighted by Gasteiger charge is -2.07. The maximum Gasteiger partial charge on any atom is 0.166 e. The van der Waals surface area contributed by atoms with E-state index < -0.39 is 0 Å². The molecule has 0 bridgehead atoms. The molecule has 0 saturated heterocycles. The molecule has 1 heterocycles. The highest BCUT2D eigenvalue weighted by molar-refractivity contribution is 6.43. The molecule has 0 unspecified atom stereocenters. The third kappa shape index (κ3) is 4.15. The van der Waals surface area contributed by atoms with E-state index in [1.54, 1.807) is 25.1 Å². The van der Waals surface area contributed by atoms with Gasteiger partial charge in [0, 0.05) is 0 Å². The summed E-state index contributed by atoms with van der Waals surface area (Å²) in [4.78, 5) is 4.01. The second-order valence-electron chi connectivity index (χ2n) is 4.03. The minimum atomic E-state index is 0.144. The van der Waals surface area contributed by atoms with Crippen molar-refractivity contribution in [2.24, 2.45) is 5.10 Å². The van der Waals surface area contributed by atoms with Crippen LogP contribution in [0.1, 0.15) is 12.5 Å². The van der Waals surface area contributed by atoms with Crippen LogP contribution in [0.15, 0.2) is 29.4 Å². The minimum Gasteiger partial charge on any atom is -0.260 e. The average molecular weight is 383 g/mol. The first-order chi connectivity index (χ1) is 9.88. The fourth-order valence-electron chi connectivity index (χ4n) is 1.45. The van der Waals surface area contributed by atoms with Crippen LogP contribution in [0, 0.1) is 0 Å². The Morgan fingerprint density at radius 1 is 0.952 bits per heavy atom. The van der Waals surface area contributed by atoms with Crippen LogP contribution in [0.4, 0.5) is 5.82 Å². The molecule has 8 heteroatoms. The number of nitrogens with zero attached hydrogens (tertiary/aromatic N) is 2. The minimum absolute atomic E-state index is 0.144. The summed E-state index contributed by atoms with van der Waals surface area (Å²) in [6, 6.07) is 6.71. The van der Waals surface area contributed by atoms with Gasteiger partial charge in [-0.15, -0.1) is 0 Å². The van der Waals surface area contributed by atoms with Crippen molar-refractivity contribution < 1.29 is 0 Å². The summed E-state index contributed by atoms with van der Waals surface area (Å²) in [6.07, 6.45) is 0. The number of hydrazone groups is 1. The van der Waals surface area contributed by atoms with Gasteiger partial charge in [-0.3, -0.25) is 5.43 Å². The number of rotatable bonds is 3. The van der Waals surface area contributed by atoms with Gasteiger partial charge in [-0.1, -0.05) is 64.1 Å². The average Bonchev–Trinajstić information content (AvgIpc) is 2.44. The van der Waals surface area contributed by atoms with Gasteiger partial charge in [-0.25, -0.2) is 4.98 Å². The number of nitrogens with one attached hydrogen (secondary N) is 1. The van der Waals surface area contributed by atoms with E-state index in [4.69, 9.17) is 58.0 Å². The van der Waals surface area contributed by atoms with Crippen LogP contribution in [-0.2, 0) is 0 Å². The third-order valence-corrected chi connectivity index (χ3v) is 4.25. The highest BCUT2D eigenvalue weighted by atomic mass is 35.5. The van der Waals surface area contributed by atoms with Gasteiger partial charge in [0.2, 0.25) is 0 Å². The smallest absolute Gasteiger partial charge is 0.166 e. The van der Waals surface area contributed by atoms with Gasteiger partial charge in [0.15, 0.2) is 5.82 Å². The summed E-state index contributed by atoms with van der Waals surface area (Å²) in [5, 5.41) is 5.85. The van der Waals surface area contributed by atoms with Crippen LogP contribution in [0.2, 0.25) is 25.2 Å². The summed E-state index contributed by atoms with van der Waals surface area (Å²) in [7, 11) is 0. The van der Waals surface area contributed by atoms with Gasteiger partial charge in [0.05, 0.1) is 25.8 Å². The number of benzene rings is 1. The van der Waals surface area contributed by atoms with Crippen molar-refractivity contribution in [3.63, 3.8) is 0 Å². The molecule has 0 radical (unpaired) electrons. The number of hydrogen-bond donors (Lipinski definition) is 1. The molecule has 21 heavy (non-hydrogen) atoms. The standard InChI is InChI=1S/C13H8Cl5N3/c1-6(7-2-3-8(14)9(15)4-7)20-21-13-11(17)5-10(16)12(18)19-13/h2-5H,1H3,(H,19,21). The lowest BCUT2D eigenvalue weighted by Crippen LogP contribution is -2.01. The lowest BCUT2D eigenvalue weighted by atomic mass is 10.1. The van der Waals surface area contributed by atoms with E-state index in [2.05, 4.69) is 15.5 Å². The van der Waals surface area contributed by atoms with Crippen molar-refractivity contribution in [3.05, 3.63) is 55.1 Å². The van der Waals surface area contributed by atoms with Crippen LogP contribution in [0.25, 0.3) is 0 Å². The molecule has 0 aliphatic rings. The zero-order chi connectivity index (χ0) is 15.6. The molecular formula is C13H8Cl5N3. The molecule has 0 atom stereocenters. The van der Waals surface area contributed by atoms with Gasteiger partial charge in [-0.2, -0.15) is 5.10 Å². The Morgan fingerprint density at radius 2 is 1.67 bits per heavy atom. The van der Waals surface area contributed by atoms with E-state index in [0.717, 1.165) is 5.56 Å². The normalized spacial score (nSPS) is 11.6. The topological polar surface area (TPSA) is 37.3 Å². The Kier molecular flexibility index (Phi) is 5.58. The second-order valence-corrected chi connectivity index (χ2v) is 6.02. The van der Waals surface area contributed by atoms with Crippen molar-refractivity contribution in [1.82, 2.24) is 4.98 Å². The first-order valence-electron chi connectivity index (χ1n) is 5.65. The molecule has 2 aromatic rings. The fourth-order valence-corrected chi connectivity index (χ4v) is 2.28. The lowest BCUT2D eigenvalue weighted by molar-refractivity contribution is 1.22. The van der Waals surface area contributed by atoms with Crippen LogP contribution in [0.5, 0.6) is 0 Å². The van der Waals surface area contributed by atoms with Crippen LogP contribution < -0.4 is 5.43 Å². The molecular weight excluding hydrogens is 375 g/mol. The van der Waals surface area contributed by atoms with E-state index >= 15 is 0 Å². The van der Waals surface area contributed by atoms with Crippen LogP contribution in [0.3, 0.4) is 0 Å². The molecule has 1 aromatic heterocycles. The van der Waals surface area contributed by atoms with E-state index in [1.807, 2.05) is 0 Å². The summed E-state index contributed by atoms with van der Waals surface area (Å²) in [6.45, 7) is 1.80. The molecule has 0 spiro atoms. The number of halogens is 5. The Labute approximate surface area is 146 Å². The predicted molar refractivity (Wildman–Crippen MR) is 91.6 cm³/mol. The molecule has 1 aromatic carbocycles. The van der Waals surface area contributed by atoms with E-state index in [9.17, 15) is 0 Å². The van der Waals surface area contributed by atoms with Crippen LogP contribution in [-0.4, -0.2) is 10.7 Å². The molecule has 0 fully saturated rings. The van der Waals surface area contributed by atoms with E-state index in [-0.39, 0.29) is 10.2 Å². The molecule has 110 valence electrons. The van der Waals surface area contributed by atoms with Crippen molar-refractivity contribution in [1.29, 1.82) is 0 Å². The first kappa shape index (κ1) is 16.7. The Balaban J connectivity index is 2.24. The van der Waals surface area contributed by atoms with Crippen molar-refractivity contribution in [3.8, 4) is 0 Å². The highest BCUT2D eigenvalue weighted by Gasteiger charge is 2.08. The zero-order valence-electron chi connectivity index (χ0n) is 10.6. The maximum absolute atomic E-state index is 6.00. The molecule has 0 saturated carbocycles.